The van der Waals surface area contributed by atoms with Gasteiger partial charge in [0, 0.05) is 12.8 Å². The molecule has 0 atom stereocenters. The normalized spacial score (nSPS) is 11.8. The molecule has 0 radical (unpaired) electrons. The lowest BCUT2D eigenvalue weighted by molar-refractivity contribution is -0.172. The summed E-state index contributed by atoms with van der Waals surface area (Å²) in [4.78, 5) is 0. The Morgan fingerprint density at radius 1 is 0.652 bits per heavy atom. The van der Waals surface area contributed by atoms with Crippen LogP contribution in [0.3, 0.4) is 0 Å². The molecule has 0 unspecified atom stereocenters. The van der Waals surface area contributed by atoms with Gasteiger partial charge in [0.2, 0.25) is 0 Å². The number of allylic oxidation sites excluding steroid dienone is 1. The van der Waals surface area contributed by atoms with Gasteiger partial charge < -0.3 is 10.2 Å². The van der Waals surface area contributed by atoms with Crippen molar-refractivity contribution in [1.29, 1.82) is 0 Å². The zero-order valence-electron chi connectivity index (χ0n) is 15.7. The molecule has 0 aliphatic heterocycles. The fraction of sp³-hybridized carbons (Fsp3) is 0.905. The molecule has 0 aromatic carbocycles. The Morgan fingerprint density at radius 3 is 1.48 bits per heavy atom. The molecule has 0 spiro atoms. The van der Waals surface area contributed by atoms with E-state index in [9.17, 15) is 10.2 Å². The summed E-state index contributed by atoms with van der Waals surface area (Å²) in [6.45, 7) is 5.92. The van der Waals surface area contributed by atoms with Crippen molar-refractivity contribution in [2.75, 3.05) is 0 Å². The minimum Gasteiger partial charge on any atom is -0.366 e. The molecule has 138 valence electrons. The molecular weight excluding hydrogens is 284 g/mol. The van der Waals surface area contributed by atoms with Gasteiger partial charge in [-0.15, -0.1) is 6.58 Å². The van der Waals surface area contributed by atoms with Gasteiger partial charge in [0.05, 0.1) is 0 Å². The van der Waals surface area contributed by atoms with E-state index >= 15 is 0 Å². The van der Waals surface area contributed by atoms with Crippen LogP contribution in [0.4, 0.5) is 0 Å². The van der Waals surface area contributed by atoms with Crippen molar-refractivity contribution in [3.05, 3.63) is 12.7 Å². The second-order valence-corrected chi connectivity index (χ2v) is 7.16. The molecule has 0 aromatic rings. The largest absolute Gasteiger partial charge is 0.366 e. The molecule has 0 saturated carbocycles. The summed E-state index contributed by atoms with van der Waals surface area (Å²) in [5.74, 6) is -1.42. The van der Waals surface area contributed by atoms with E-state index in [4.69, 9.17) is 0 Å². The number of aliphatic hydroxyl groups is 2. The average molecular weight is 327 g/mol. The van der Waals surface area contributed by atoms with Crippen LogP contribution in [0.15, 0.2) is 12.7 Å². The quantitative estimate of drug-likeness (QED) is 0.171. The Bertz CT molecular complexity index is 248. The third-order valence-electron chi connectivity index (χ3n) is 4.67. The van der Waals surface area contributed by atoms with Crippen LogP contribution in [0, 0.1) is 0 Å². The summed E-state index contributed by atoms with van der Waals surface area (Å²) in [7, 11) is 0. The predicted octanol–water partition coefficient (Wildman–Crippen LogP) is 6.50. The first-order valence-corrected chi connectivity index (χ1v) is 10.2. The first-order chi connectivity index (χ1) is 11.1. The summed E-state index contributed by atoms with van der Waals surface area (Å²) >= 11 is 0. The van der Waals surface area contributed by atoms with E-state index in [2.05, 4.69) is 13.5 Å². The maximum absolute atomic E-state index is 9.92. The lowest BCUT2D eigenvalue weighted by atomic mass is 9.99. The number of rotatable bonds is 18. The van der Waals surface area contributed by atoms with Crippen LogP contribution < -0.4 is 0 Å². The van der Waals surface area contributed by atoms with Gasteiger partial charge >= 0.3 is 0 Å². The molecule has 0 saturated heterocycles. The van der Waals surface area contributed by atoms with E-state index in [0.717, 1.165) is 32.1 Å². The third kappa shape index (κ3) is 17.8. The molecule has 0 aliphatic carbocycles. The number of hydrogen-bond acceptors (Lipinski definition) is 2. The highest BCUT2D eigenvalue weighted by molar-refractivity contribution is 4.66. The first-order valence-electron chi connectivity index (χ1n) is 10.2. The van der Waals surface area contributed by atoms with Crippen LogP contribution in [0.1, 0.15) is 116 Å². The Morgan fingerprint density at radius 2 is 1.04 bits per heavy atom. The molecule has 0 aliphatic rings. The molecular formula is C21H42O2. The first kappa shape index (κ1) is 22.7. The minimum absolute atomic E-state index is 0.541. The summed E-state index contributed by atoms with van der Waals surface area (Å²) in [5.41, 5.74) is 0. The van der Waals surface area contributed by atoms with Crippen LogP contribution >= 0.6 is 0 Å². The van der Waals surface area contributed by atoms with Gasteiger partial charge in [-0.25, -0.2) is 0 Å². The maximum atomic E-state index is 9.92. The topological polar surface area (TPSA) is 40.5 Å². The number of hydrogen-bond donors (Lipinski definition) is 2. The number of unbranched alkanes of at least 4 members (excludes halogenated alkanes) is 13. The molecule has 0 rings (SSSR count). The highest BCUT2D eigenvalue weighted by Crippen LogP contribution is 2.20. The second kappa shape index (κ2) is 16.5. The highest BCUT2D eigenvalue weighted by Gasteiger charge is 2.21. The van der Waals surface area contributed by atoms with E-state index in [-0.39, 0.29) is 0 Å². The molecule has 0 heterocycles. The lowest BCUT2D eigenvalue weighted by Gasteiger charge is -2.21. The van der Waals surface area contributed by atoms with E-state index in [1.807, 2.05) is 6.08 Å². The monoisotopic (exact) mass is 326 g/mol. The van der Waals surface area contributed by atoms with Crippen LogP contribution in [0.5, 0.6) is 0 Å². The van der Waals surface area contributed by atoms with Crippen molar-refractivity contribution < 1.29 is 10.2 Å². The summed E-state index contributed by atoms with van der Waals surface area (Å²) in [6, 6.07) is 0. The van der Waals surface area contributed by atoms with Gasteiger partial charge in [0.1, 0.15) is 0 Å². The van der Waals surface area contributed by atoms with E-state index in [1.165, 1.54) is 64.2 Å². The fourth-order valence-electron chi connectivity index (χ4n) is 3.07. The van der Waals surface area contributed by atoms with Crippen molar-refractivity contribution >= 4 is 0 Å². The summed E-state index contributed by atoms with van der Waals surface area (Å²) < 4.78 is 0. The van der Waals surface area contributed by atoms with Gasteiger partial charge in [0.25, 0.3) is 0 Å². The van der Waals surface area contributed by atoms with Crippen LogP contribution in [-0.4, -0.2) is 16.0 Å². The Balaban J connectivity index is 3.26. The SMILES string of the molecule is C=CCCCCCCCCCCCCC(O)(O)CCCCCC. The standard InChI is InChI=1S/C21H42O2/c1-3-5-7-9-10-11-12-13-14-15-16-18-20-21(22,23)19-17-8-6-4-2/h3,22-23H,1,4-20H2,2H3. The molecule has 0 aromatic heterocycles. The molecule has 23 heavy (non-hydrogen) atoms. The maximum Gasteiger partial charge on any atom is 0.162 e. The van der Waals surface area contributed by atoms with Gasteiger partial charge in [-0.3, -0.25) is 0 Å². The molecule has 0 fully saturated rings. The van der Waals surface area contributed by atoms with Crippen molar-refractivity contribution in [3.8, 4) is 0 Å². The molecule has 0 amide bonds. The average Bonchev–Trinajstić information content (AvgIpc) is 2.52. The van der Waals surface area contributed by atoms with Gasteiger partial charge in [-0.1, -0.05) is 83.6 Å². The fourth-order valence-corrected chi connectivity index (χ4v) is 3.07. The van der Waals surface area contributed by atoms with Crippen molar-refractivity contribution in [3.63, 3.8) is 0 Å². The van der Waals surface area contributed by atoms with E-state index in [0.29, 0.717) is 12.8 Å². The van der Waals surface area contributed by atoms with E-state index in [1.54, 1.807) is 0 Å². The van der Waals surface area contributed by atoms with Crippen LogP contribution in [0.25, 0.3) is 0 Å². The predicted molar refractivity (Wildman–Crippen MR) is 102 cm³/mol. The van der Waals surface area contributed by atoms with Crippen LogP contribution in [-0.2, 0) is 0 Å². The van der Waals surface area contributed by atoms with Crippen molar-refractivity contribution in [1.82, 2.24) is 0 Å². The van der Waals surface area contributed by atoms with Gasteiger partial charge in [0.15, 0.2) is 5.79 Å². The molecule has 2 nitrogen and oxygen atoms in total. The van der Waals surface area contributed by atoms with Crippen molar-refractivity contribution in [2.45, 2.75) is 122 Å². The molecule has 2 N–H and O–H groups in total. The smallest absolute Gasteiger partial charge is 0.162 e. The van der Waals surface area contributed by atoms with Gasteiger partial charge in [-0.2, -0.15) is 0 Å². The van der Waals surface area contributed by atoms with Crippen LogP contribution in [0.2, 0.25) is 0 Å². The van der Waals surface area contributed by atoms with Gasteiger partial charge in [-0.05, 0) is 25.7 Å². The lowest BCUT2D eigenvalue weighted by Crippen LogP contribution is -2.27. The highest BCUT2D eigenvalue weighted by atomic mass is 16.5. The second-order valence-electron chi connectivity index (χ2n) is 7.16. The Labute approximate surface area is 145 Å². The summed E-state index contributed by atoms with van der Waals surface area (Å²) in [5, 5.41) is 19.8. The zero-order valence-corrected chi connectivity index (χ0v) is 15.7. The Kier molecular flexibility index (Phi) is 16.3. The van der Waals surface area contributed by atoms with Crippen molar-refractivity contribution in [2.24, 2.45) is 0 Å². The molecule has 2 heteroatoms. The Hall–Kier alpha value is -0.340. The van der Waals surface area contributed by atoms with E-state index < -0.39 is 5.79 Å². The molecule has 0 bridgehead atoms. The minimum atomic E-state index is -1.42. The summed E-state index contributed by atoms with van der Waals surface area (Å²) in [6.07, 6.45) is 21.4. The zero-order chi connectivity index (χ0) is 17.2. The third-order valence-corrected chi connectivity index (χ3v) is 4.67.